The van der Waals surface area contributed by atoms with Gasteiger partial charge in [0.25, 0.3) is 0 Å². The monoisotopic (exact) mass is 466 g/mol. The smallest absolute Gasteiger partial charge is 0.152 e. The molecule has 1 saturated heterocycles. The third-order valence-corrected chi connectivity index (χ3v) is 8.04. The first kappa shape index (κ1) is 21.8. The van der Waals surface area contributed by atoms with Gasteiger partial charge in [0.2, 0.25) is 0 Å². The van der Waals surface area contributed by atoms with Crippen LogP contribution in [0.25, 0.3) is 11.1 Å². The fourth-order valence-electron chi connectivity index (χ4n) is 4.22. The maximum Gasteiger partial charge on any atom is 0.152 e. The first-order valence-electron chi connectivity index (χ1n) is 10.8. The quantitative estimate of drug-likeness (QED) is 0.529. The van der Waals surface area contributed by atoms with E-state index in [1.165, 1.54) is 32.1 Å². The Labute approximate surface area is 190 Å². The van der Waals surface area contributed by atoms with E-state index >= 15 is 0 Å². The summed E-state index contributed by atoms with van der Waals surface area (Å²) in [4.78, 5) is 8.84. The van der Waals surface area contributed by atoms with Crippen molar-refractivity contribution in [3.63, 3.8) is 0 Å². The van der Waals surface area contributed by atoms with Gasteiger partial charge in [-0.1, -0.05) is 42.5 Å². The Bertz CT molecular complexity index is 895. The minimum absolute atomic E-state index is 0.448. The number of hydrogen-bond donors (Lipinski definition) is 2. The molecule has 0 radical (unpaired) electrons. The van der Waals surface area contributed by atoms with E-state index in [9.17, 15) is 4.21 Å². The van der Waals surface area contributed by atoms with E-state index in [0.717, 1.165) is 53.5 Å². The Morgan fingerprint density at radius 3 is 2.53 bits per heavy atom. The van der Waals surface area contributed by atoms with Crippen LogP contribution in [0.5, 0.6) is 0 Å². The van der Waals surface area contributed by atoms with Crippen molar-refractivity contribution in [2.45, 2.75) is 51.0 Å². The highest BCUT2D eigenvalue weighted by Gasteiger charge is 2.19. The third kappa shape index (κ3) is 5.65. The fourth-order valence-corrected chi connectivity index (χ4v) is 5.99. The van der Waals surface area contributed by atoms with Gasteiger partial charge in [-0.05, 0) is 43.7 Å². The molecule has 2 aromatic rings. The summed E-state index contributed by atoms with van der Waals surface area (Å²) in [6, 6.07) is 4.48. The van der Waals surface area contributed by atoms with E-state index in [2.05, 4.69) is 20.6 Å². The van der Waals surface area contributed by atoms with Gasteiger partial charge < -0.3 is 10.6 Å². The molecule has 5 nitrogen and oxygen atoms in total. The Morgan fingerprint density at radius 1 is 1.00 bits per heavy atom. The number of halogens is 2. The Hall–Kier alpha value is -1.37. The molecule has 2 N–H and O–H groups in total. The molecule has 1 aliphatic carbocycles. The fraction of sp³-hybridized carbons (Fsp3) is 0.545. The number of rotatable bonds is 6. The van der Waals surface area contributed by atoms with Crippen molar-refractivity contribution in [3.05, 3.63) is 34.7 Å². The van der Waals surface area contributed by atoms with E-state index in [-0.39, 0.29) is 0 Å². The van der Waals surface area contributed by atoms with Crippen LogP contribution < -0.4 is 10.6 Å². The first-order chi connectivity index (χ1) is 14.6. The lowest BCUT2D eigenvalue weighted by Crippen LogP contribution is -2.24. The van der Waals surface area contributed by atoms with Gasteiger partial charge in [0.1, 0.15) is 5.82 Å². The normalized spacial score (nSPS) is 22.6. The number of nitrogens with zero attached hydrogens (tertiary/aromatic N) is 2. The molecule has 0 aromatic carbocycles. The van der Waals surface area contributed by atoms with Crippen molar-refractivity contribution >= 4 is 45.5 Å². The van der Waals surface area contributed by atoms with Crippen LogP contribution in [0.1, 0.15) is 44.9 Å². The van der Waals surface area contributed by atoms with E-state index in [0.29, 0.717) is 22.1 Å². The second kappa shape index (κ2) is 10.3. The summed E-state index contributed by atoms with van der Waals surface area (Å²) in [7, 11) is -0.643. The summed E-state index contributed by atoms with van der Waals surface area (Å²) < 4.78 is 11.6. The molecule has 0 spiro atoms. The molecule has 8 heteroatoms. The topological polar surface area (TPSA) is 66.9 Å². The molecule has 1 saturated carbocycles. The highest BCUT2D eigenvalue weighted by molar-refractivity contribution is 7.85. The SMILES string of the molecule is O=S1CCC(CNc2cc(-c3cc(NC4CCCCC4)ncc3Cl)cnc2Cl)CC1. The van der Waals surface area contributed by atoms with Crippen LogP contribution in [0.3, 0.4) is 0 Å². The average Bonchev–Trinajstić information content (AvgIpc) is 2.76. The van der Waals surface area contributed by atoms with Crippen LogP contribution in [0.15, 0.2) is 24.5 Å². The van der Waals surface area contributed by atoms with Gasteiger partial charge in [0.05, 0.1) is 10.7 Å². The van der Waals surface area contributed by atoms with Crippen molar-refractivity contribution in [3.8, 4) is 11.1 Å². The largest absolute Gasteiger partial charge is 0.382 e. The number of pyridine rings is 2. The van der Waals surface area contributed by atoms with Gasteiger partial charge in [0.15, 0.2) is 5.15 Å². The lowest BCUT2D eigenvalue weighted by atomic mass is 9.95. The zero-order valence-electron chi connectivity index (χ0n) is 17.0. The van der Waals surface area contributed by atoms with Crippen LogP contribution in [0, 0.1) is 5.92 Å². The van der Waals surface area contributed by atoms with Crippen LogP contribution in [0.4, 0.5) is 11.5 Å². The summed E-state index contributed by atoms with van der Waals surface area (Å²) in [5, 5.41) is 8.04. The molecule has 4 rings (SSSR count). The van der Waals surface area contributed by atoms with Crippen molar-refractivity contribution < 1.29 is 4.21 Å². The zero-order valence-corrected chi connectivity index (χ0v) is 19.3. The Balaban J connectivity index is 1.48. The van der Waals surface area contributed by atoms with Crippen molar-refractivity contribution in [1.29, 1.82) is 0 Å². The van der Waals surface area contributed by atoms with E-state index in [1.807, 2.05) is 12.1 Å². The van der Waals surface area contributed by atoms with Crippen molar-refractivity contribution in [2.75, 3.05) is 28.7 Å². The maximum atomic E-state index is 11.6. The summed E-state index contributed by atoms with van der Waals surface area (Å²) >= 11 is 12.8. The molecule has 3 heterocycles. The number of aromatic nitrogens is 2. The second-order valence-corrected chi connectivity index (χ2v) is 10.7. The molecule has 2 aliphatic rings. The molecule has 0 atom stereocenters. The Morgan fingerprint density at radius 2 is 1.77 bits per heavy atom. The third-order valence-electron chi connectivity index (χ3n) is 6.05. The van der Waals surface area contributed by atoms with Crippen LogP contribution in [0.2, 0.25) is 10.2 Å². The molecular weight excluding hydrogens is 439 g/mol. The molecular formula is C22H28Cl2N4OS. The lowest BCUT2D eigenvalue weighted by Gasteiger charge is -2.23. The summed E-state index contributed by atoms with van der Waals surface area (Å²) in [6.45, 7) is 0.806. The van der Waals surface area contributed by atoms with Gasteiger partial charge in [-0.15, -0.1) is 0 Å². The maximum absolute atomic E-state index is 11.6. The van der Waals surface area contributed by atoms with Gasteiger partial charge >= 0.3 is 0 Å². The molecule has 162 valence electrons. The van der Waals surface area contributed by atoms with Gasteiger partial charge in [-0.2, -0.15) is 0 Å². The number of nitrogens with one attached hydrogen (secondary N) is 2. The summed E-state index contributed by atoms with van der Waals surface area (Å²) in [5.41, 5.74) is 2.60. The minimum atomic E-state index is -0.643. The molecule has 0 bridgehead atoms. The van der Waals surface area contributed by atoms with Crippen LogP contribution >= 0.6 is 23.2 Å². The predicted octanol–water partition coefficient (Wildman–Crippen LogP) is 5.77. The number of anilines is 2. The average molecular weight is 467 g/mol. The first-order valence-corrected chi connectivity index (χ1v) is 13.0. The predicted molar refractivity (Wildman–Crippen MR) is 127 cm³/mol. The van der Waals surface area contributed by atoms with E-state index in [1.54, 1.807) is 12.4 Å². The molecule has 1 aliphatic heterocycles. The van der Waals surface area contributed by atoms with Gasteiger partial charge in [0, 0.05) is 58.4 Å². The number of hydrogen-bond acceptors (Lipinski definition) is 5. The lowest BCUT2D eigenvalue weighted by molar-refractivity contribution is 0.462. The zero-order chi connectivity index (χ0) is 20.9. The van der Waals surface area contributed by atoms with Gasteiger partial charge in [-0.3, -0.25) is 4.21 Å². The molecule has 0 amide bonds. The second-order valence-electron chi connectivity index (χ2n) is 8.26. The van der Waals surface area contributed by atoms with Crippen molar-refractivity contribution in [2.24, 2.45) is 5.92 Å². The Kier molecular flexibility index (Phi) is 7.50. The molecule has 30 heavy (non-hydrogen) atoms. The van der Waals surface area contributed by atoms with Crippen molar-refractivity contribution in [1.82, 2.24) is 9.97 Å². The van der Waals surface area contributed by atoms with Crippen LogP contribution in [-0.4, -0.2) is 38.3 Å². The highest BCUT2D eigenvalue weighted by Crippen LogP contribution is 2.33. The standard InChI is InChI=1S/C22H28Cl2N4OS/c23-19-14-26-21(28-17-4-2-1-3-5-17)11-18(19)16-10-20(22(24)27-13-16)25-12-15-6-8-30(29)9-7-15/h10-11,13-15,17,25H,1-9,12H2,(H,26,28). The summed E-state index contributed by atoms with van der Waals surface area (Å²) in [6.07, 6.45) is 11.6. The van der Waals surface area contributed by atoms with E-state index in [4.69, 9.17) is 23.2 Å². The highest BCUT2D eigenvalue weighted by atomic mass is 35.5. The summed E-state index contributed by atoms with van der Waals surface area (Å²) in [5.74, 6) is 2.95. The van der Waals surface area contributed by atoms with Crippen LogP contribution in [-0.2, 0) is 10.8 Å². The molecule has 2 aromatic heterocycles. The molecule has 0 unspecified atom stereocenters. The molecule has 2 fully saturated rings. The minimum Gasteiger partial charge on any atom is -0.382 e. The van der Waals surface area contributed by atoms with E-state index < -0.39 is 10.8 Å². The van der Waals surface area contributed by atoms with Gasteiger partial charge in [-0.25, -0.2) is 9.97 Å².